The van der Waals surface area contributed by atoms with Gasteiger partial charge in [-0.2, -0.15) is 0 Å². The second-order valence-electron chi connectivity index (χ2n) is 13.4. The molecule has 0 bridgehead atoms. The van der Waals surface area contributed by atoms with Gasteiger partial charge in [-0.1, -0.05) is 90.0 Å². The van der Waals surface area contributed by atoms with E-state index in [2.05, 4.69) is 31.4 Å². The lowest BCUT2D eigenvalue weighted by molar-refractivity contribution is -0.140. The molecule has 0 spiro atoms. The van der Waals surface area contributed by atoms with E-state index in [1.807, 2.05) is 24.3 Å². The van der Waals surface area contributed by atoms with Crippen LogP contribution in [0.15, 0.2) is 24.3 Å². The minimum absolute atomic E-state index is 0. The van der Waals surface area contributed by atoms with Gasteiger partial charge >= 0.3 is 13.2 Å². The van der Waals surface area contributed by atoms with Crippen molar-refractivity contribution < 1.29 is 29.2 Å². The van der Waals surface area contributed by atoms with Gasteiger partial charge in [-0.05, 0) is 29.4 Å². The molecule has 0 aromatic heterocycles. The van der Waals surface area contributed by atoms with Crippen molar-refractivity contribution in [3.63, 3.8) is 0 Å². The molecule has 43 heavy (non-hydrogen) atoms. The van der Waals surface area contributed by atoms with Crippen LogP contribution in [-0.2, 0) is 27.4 Å². The Morgan fingerprint density at radius 3 is 2.16 bits per heavy atom. The highest BCUT2D eigenvalue weighted by Gasteiger charge is 2.44. The van der Waals surface area contributed by atoms with E-state index in [1.165, 1.54) is 0 Å². The van der Waals surface area contributed by atoms with Crippen LogP contribution in [0.25, 0.3) is 0 Å². The van der Waals surface area contributed by atoms with Crippen molar-refractivity contribution in [1.29, 1.82) is 0 Å². The monoisotopic (exact) mass is 620 g/mol. The third-order valence-corrected chi connectivity index (χ3v) is 8.59. The molecule has 3 aliphatic rings. The number of ether oxygens (including phenoxy) is 1. The van der Waals surface area contributed by atoms with E-state index in [4.69, 9.17) is 4.74 Å². The van der Waals surface area contributed by atoms with Crippen LogP contribution in [0.2, 0.25) is 0 Å². The molecule has 1 aromatic rings. The molecule has 3 amide bonds. The molecule has 4 atom stereocenters. The van der Waals surface area contributed by atoms with Crippen molar-refractivity contribution in [3.05, 3.63) is 35.4 Å². The van der Waals surface area contributed by atoms with Gasteiger partial charge in [0, 0.05) is 26.1 Å². The average Bonchev–Trinajstić information content (AvgIpc) is 3.56. The number of rotatable bonds is 4. The first-order chi connectivity index (χ1) is 20.0. The van der Waals surface area contributed by atoms with Gasteiger partial charge < -0.3 is 30.3 Å². The second kappa shape index (κ2) is 16.1. The topological polar surface area (TPSA) is 131 Å². The van der Waals surface area contributed by atoms with Crippen molar-refractivity contribution in [2.45, 2.75) is 122 Å². The zero-order valence-electron chi connectivity index (χ0n) is 25.9. The van der Waals surface area contributed by atoms with Crippen molar-refractivity contribution in [2.75, 3.05) is 13.1 Å². The van der Waals surface area contributed by atoms with E-state index in [9.17, 15) is 24.4 Å². The highest BCUT2D eigenvalue weighted by atomic mass is 35.5. The number of carbonyl (C=O) groups excluding carboxylic acids is 3. The molecule has 240 valence electrons. The summed E-state index contributed by atoms with van der Waals surface area (Å²) < 4.78 is 5.90. The number of benzene rings is 1. The minimum atomic E-state index is -1.70. The number of hydrogen-bond acceptors (Lipinski definition) is 7. The standard InChI is InChI=1S/C31H49BN4O6.ClH/c1-31(2,3)21-33-25-15-9-7-5-4-6-8-10-16-27(32(40)41)34-28(37)26-17-24(20-36(26)29(25)38)42-30(39)35-18-22-13-11-12-14-23(22)19-35;/h11-14,24-27,33,40-41H,4-10,15-21H2,1-3H3,(H,34,37);1H/t24-,25?,26+,27-;/m1./s1. The van der Waals surface area contributed by atoms with E-state index < -0.39 is 43.2 Å². The molecule has 3 heterocycles. The van der Waals surface area contributed by atoms with Gasteiger partial charge in [0.2, 0.25) is 11.8 Å². The number of nitrogens with one attached hydrogen (secondary N) is 2. The van der Waals surface area contributed by atoms with Crippen molar-refractivity contribution in [2.24, 2.45) is 5.41 Å². The summed E-state index contributed by atoms with van der Waals surface area (Å²) in [5.74, 6) is -1.46. The molecule has 3 aliphatic heterocycles. The Morgan fingerprint density at radius 1 is 1.00 bits per heavy atom. The molecule has 1 aromatic carbocycles. The fourth-order valence-corrected chi connectivity index (χ4v) is 6.17. The molecule has 2 fully saturated rings. The summed E-state index contributed by atoms with van der Waals surface area (Å²) in [6, 6.07) is 6.55. The maximum Gasteiger partial charge on any atom is 0.475 e. The molecule has 0 aliphatic carbocycles. The molecular weight excluding hydrogens is 571 g/mol. The Morgan fingerprint density at radius 2 is 1.58 bits per heavy atom. The fourth-order valence-electron chi connectivity index (χ4n) is 6.17. The number of carbonyl (C=O) groups is 3. The first-order valence-corrected chi connectivity index (χ1v) is 15.7. The van der Waals surface area contributed by atoms with Crippen LogP contribution >= 0.6 is 12.4 Å². The molecule has 12 heteroatoms. The van der Waals surface area contributed by atoms with Crippen LogP contribution in [0, 0.1) is 5.41 Å². The van der Waals surface area contributed by atoms with Crippen molar-refractivity contribution in [3.8, 4) is 0 Å². The van der Waals surface area contributed by atoms with Gasteiger partial charge in [0.1, 0.15) is 12.1 Å². The predicted octanol–water partition coefficient (Wildman–Crippen LogP) is 3.56. The van der Waals surface area contributed by atoms with E-state index in [1.54, 1.807) is 9.80 Å². The molecule has 4 N–H and O–H groups in total. The lowest BCUT2D eigenvalue weighted by Crippen LogP contribution is -2.56. The molecule has 2 saturated heterocycles. The zero-order chi connectivity index (χ0) is 30.3. The van der Waals surface area contributed by atoms with Crippen molar-refractivity contribution >= 4 is 37.4 Å². The second-order valence-corrected chi connectivity index (χ2v) is 13.4. The summed E-state index contributed by atoms with van der Waals surface area (Å²) in [4.78, 5) is 44.0. The van der Waals surface area contributed by atoms with E-state index in [0.717, 1.165) is 56.1 Å². The zero-order valence-corrected chi connectivity index (χ0v) is 26.7. The molecule has 10 nitrogen and oxygen atoms in total. The first kappa shape index (κ1) is 35.1. The Hall–Kier alpha value is -2.34. The average molecular weight is 621 g/mol. The number of amides is 3. The molecule has 0 saturated carbocycles. The van der Waals surface area contributed by atoms with Crippen LogP contribution in [0.5, 0.6) is 0 Å². The Labute approximate surface area is 262 Å². The van der Waals surface area contributed by atoms with Crippen LogP contribution in [0.4, 0.5) is 4.79 Å². The molecule has 4 rings (SSSR count). The lowest BCUT2D eigenvalue weighted by Gasteiger charge is -2.31. The maximum atomic E-state index is 14.1. The SMILES string of the molecule is CC(C)(C)CNC1CCCCCCCCC[C@H](B(O)O)NC(=O)[C@@H]2C[C@@H](OC(=O)N3Cc4ccccc4C3)CN2C1=O.Cl. The maximum absolute atomic E-state index is 14.1. The van der Waals surface area contributed by atoms with Gasteiger partial charge in [-0.15, -0.1) is 12.4 Å². The number of halogens is 1. The normalized spacial score (nSPS) is 25.8. The molecule has 0 radical (unpaired) electrons. The van der Waals surface area contributed by atoms with Gasteiger partial charge in [-0.25, -0.2) is 4.79 Å². The third kappa shape index (κ3) is 10.1. The number of hydrogen-bond donors (Lipinski definition) is 4. The lowest BCUT2D eigenvalue weighted by atomic mass is 9.76. The smallest absolute Gasteiger partial charge is 0.444 e. The largest absolute Gasteiger partial charge is 0.475 e. The van der Waals surface area contributed by atoms with Gasteiger partial charge in [0.25, 0.3) is 0 Å². The predicted molar refractivity (Wildman–Crippen MR) is 168 cm³/mol. The number of nitrogens with zero attached hydrogens (tertiary/aromatic N) is 2. The summed E-state index contributed by atoms with van der Waals surface area (Å²) in [5.41, 5.74) is 2.13. The minimum Gasteiger partial charge on any atom is -0.444 e. The quantitative estimate of drug-likeness (QED) is 0.379. The van der Waals surface area contributed by atoms with Gasteiger partial charge in [0.15, 0.2) is 0 Å². The molecular formula is C31H50BClN4O6. The van der Waals surface area contributed by atoms with E-state index in [-0.39, 0.29) is 36.7 Å². The molecule has 1 unspecified atom stereocenters. The first-order valence-electron chi connectivity index (χ1n) is 15.7. The Bertz CT molecular complexity index is 1060. The van der Waals surface area contributed by atoms with E-state index in [0.29, 0.717) is 32.5 Å². The van der Waals surface area contributed by atoms with Gasteiger partial charge in [0.05, 0.1) is 18.5 Å². The summed E-state index contributed by atoms with van der Waals surface area (Å²) in [7, 11) is -1.70. The van der Waals surface area contributed by atoms with Crippen molar-refractivity contribution in [1.82, 2.24) is 20.4 Å². The number of fused-ring (bicyclic) bond motifs is 2. The van der Waals surface area contributed by atoms with Crippen LogP contribution in [0.1, 0.15) is 96.1 Å². The van der Waals surface area contributed by atoms with Crippen LogP contribution in [0.3, 0.4) is 0 Å². The van der Waals surface area contributed by atoms with Gasteiger partial charge in [-0.3, -0.25) is 14.5 Å². The highest BCUT2D eigenvalue weighted by molar-refractivity contribution is 6.43. The van der Waals surface area contributed by atoms with E-state index >= 15 is 0 Å². The van der Waals surface area contributed by atoms with Crippen LogP contribution in [-0.4, -0.2) is 82.1 Å². The Balaban J connectivity index is 0.00000506. The Kier molecular flexibility index (Phi) is 13.2. The summed E-state index contributed by atoms with van der Waals surface area (Å²) in [5, 5.41) is 26.3. The summed E-state index contributed by atoms with van der Waals surface area (Å²) in [6.07, 6.45) is 7.05. The third-order valence-electron chi connectivity index (χ3n) is 8.59. The van der Waals surface area contributed by atoms with Crippen LogP contribution < -0.4 is 10.6 Å². The highest BCUT2D eigenvalue weighted by Crippen LogP contribution is 2.27. The summed E-state index contributed by atoms with van der Waals surface area (Å²) in [6.45, 7) is 8.01. The fraction of sp³-hybridized carbons (Fsp3) is 0.710. The summed E-state index contributed by atoms with van der Waals surface area (Å²) >= 11 is 0.